The van der Waals surface area contributed by atoms with Crippen LogP contribution in [0.2, 0.25) is 6.32 Å². The number of aromatic nitrogens is 2. The third kappa shape index (κ3) is 7.15. The Morgan fingerprint density at radius 2 is 1.95 bits per heavy atom. The molecule has 0 aliphatic carbocycles. The van der Waals surface area contributed by atoms with Crippen LogP contribution in [0.15, 0.2) is 44.4 Å². The van der Waals surface area contributed by atoms with Gasteiger partial charge in [0, 0.05) is 5.69 Å². The van der Waals surface area contributed by atoms with Crippen molar-refractivity contribution in [3.8, 4) is 23.2 Å². The van der Waals surface area contributed by atoms with Crippen molar-refractivity contribution in [3.63, 3.8) is 0 Å². The molecule has 0 saturated heterocycles. The van der Waals surface area contributed by atoms with Crippen molar-refractivity contribution in [1.82, 2.24) is 9.97 Å². The summed E-state index contributed by atoms with van der Waals surface area (Å²) in [5, 5.41) is 22.2. The number of ether oxygens (including phenoxy) is 1. The summed E-state index contributed by atoms with van der Waals surface area (Å²) < 4.78 is 52.3. The Labute approximate surface area is 261 Å². The molecule has 3 aromatic rings. The molecular weight excluding hydrogens is 689 g/mol. The third-order valence-corrected chi connectivity index (χ3v) is 11.6. The molecule has 4 rings (SSSR count). The molecule has 14 heteroatoms. The zero-order chi connectivity index (χ0) is 32.2. The number of rotatable bonds is 11. The van der Waals surface area contributed by atoms with Crippen molar-refractivity contribution >= 4 is 50.1 Å². The third-order valence-electron chi connectivity index (χ3n) is 6.78. The number of nitriles is 1. The fourth-order valence-corrected chi connectivity index (χ4v) is 8.79. The molecule has 0 saturated carbocycles. The Kier molecular flexibility index (Phi) is 10.2. The Balaban J connectivity index is 1.59. The van der Waals surface area contributed by atoms with Gasteiger partial charge >= 0.3 is 202 Å². The average Bonchev–Trinajstić information content (AvgIpc) is 3.34. The molecule has 0 spiro atoms. The molecule has 1 aliphatic rings. The number of hydrogen-bond donors (Lipinski definition) is 3. The molecule has 1 radical (unpaired) electrons. The maximum absolute atomic E-state index is 13.3. The zero-order valence-corrected chi connectivity index (χ0v) is 26.8. The number of hydrogen-bond acceptors (Lipinski definition) is 7. The van der Waals surface area contributed by atoms with Gasteiger partial charge in [-0.1, -0.05) is 0 Å². The molecule has 3 N–H and O–H groups in total. The number of anilines is 1. The summed E-state index contributed by atoms with van der Waals surface area (Å²) in [6.07, 6.45) is -3.40. The van der Waals surface area contributed by atoms with Crippen molar-refractivity contribution in [1.29, 1.82) is 5.26 Å². The summed E-state index contributed by atoms with van der Waals surface area (Å²) in [5.74, 6) is -0.132. The van der Waals surface area contributed by atoms with Gasteiger partial charge in [-0.2, -0.15) is 18.4 Å². The summed E-state index contributed by atoms with van der Waals surface area (Å²) >= 11 is -2.01. The van der Waals surface area contributed by atoms with Gasteiger partial charge < -0.3 is 0 Å². The van der Waals surface area contributed by atoms with Crippen LogP contribution in [0.5, 0.6) is 5.75 Å². The standard InChI is InChI=1S/C30H31BF3IN5O4/c1-5-8-22-25-24(35(6-2)40-22)27(41)39-26(38-25)20-13-18(10-12-23(20)44-7-3)31-16-29(4,43)28(42)37-19-11-9-17(15-36)21(14-19)30(32,33)34/h9-14,43H,5-8,16H2,1-4H3,(H,37,42)(H,38,39,41). The van der Waals surface area contributed by atoms with E-state index in [9.17, 15) is 27.9 Å². The quantitative estimate of drug-likeness (QED) is 0.144. The second-order valence-electron chi connectivity index (χ2n) is 10.2. The SMILES string of the molecule is CCCC1=NI(CC)c2c1nc(-c1cc([B]CC(C)(O)C(=O)Nc3ccc(C#N)c(C(F)(F)F)c3)ccc1OCC)[nH]c2=O. The van der Waals surface area contributed by atoms with E-state index >= 15 is 0 Å². The van der Waals surface area contributed by atoms with Crippen molar-refractivity contribution in [3.05, 3.63) is 67.1 Å². The Morgan fingerprint density at radius 3 is 2.59 bits per heavy atom. The number of halogens is 4. The molecule has 2 aromatic carbocycles. The molecule has 1 aliphatic heterocycles. The van der Waals surface area contributed by atoms with E-state index in [0.717, 1.165) is 35.1 Å². The van der Waals surface area contributed by atoms with Gasteiger partial charge in [0.15, 0.2) is 0 Å². The van der Waals surface area contributed by atoms with Crippen molar-refractivity contribution < 1.29 is 27.8 Å². The number of carbonyl (C=O) groups is 1. The Bertz CT molecular complexity index is 1700. The van der Waals surface area contributed by atoms with E-state index in [4.69, 9.17) is 18.2 Å². The first-order valence-electron chi connectivity index (χ1n) is 14.0. The minimum absolute atomic E-state index is 0.194. The Hall–Kier alpha value is -3.71. The summed E-state index contributed by atoms with van der Waals surface area (Å²) in [7, 11) is 1.59. The number of aliphatic hydroxyl groups is 1. The fourth-order valence-electron chi connectivity index (χ4n) is 4.55. The number of alkyl halides is 4. The van der Waals surface area contributed by atoms with Crippen molar-refractivity contribution in [2.24, 2.45) is 3.21 Å². The van der Waals surface area contributed by atoms with Gasteiger partial charge in [-0.3, -0.25) is 0 Å². The van der Waals surface area contributed by atoms with E-state index in [2.05, 4.69) is 10.3 Å². The van der Waals surface area contributed by atoms with Crippen LogP contribution in [-0.2, 0) is 11.0 Å². The van der Waals surface area contributed by atoms with Gasteiger partial charge in [-0.25, -0.2) is 0 Å². The van der Waals surface area contributed by atoms with Crippen LogP contribution < -0.4 is 21.1 Å². The maximum atomic E-state index is 13.3. The van der Waals surface area contributed by atoms with E-state index in [0.29, 0.717) is 44.5 Å². The van der Waals surface area contributed by atoms with E-state index in [1.54, 1.807) is 25.5 Å². The van der Waals surface area contributed by atoms with Crippen LogP contribution in [-0.4, -0.2) is 50.6 Å². The van der Waals surface area contributed by atoms with Crippen LogP contribution in [0, 0.1) is 14.9 Å². The number of nitrogens with zero attached hydrogens (tertiary/aromatic N) is 3. The molecule has 1 unspecified atom stereocenters. The van der Waals surface area contributed by atoms with Crippen molar-refractivity contribution in [2.75, 3.05) is 16.4 Å². The molecule has 1 amide bonds. The van der Waals surface area contributed by atoms with Crippen LogP contribution in [0.3, 0.4) is 0 Å². The molecule has 0 bridgehead atoms. The number of fused-ring (bicyclic) bond motifs is 1. The summed E-state index contributed by atoms with van der Waals surface area (Å²) in [6, 6.07) is 9.40. The molecule has 1 atom stereocenters. The molecule has 2 heterocycles. The Morgan fingerprint density at radius 1 is 1.20 bits per heavy atom. The number of H-pyrrole nitrogens is 1. The van der Waals surface area contributed by atoms with E-state index in [1.165, 1.54) is 13.0 Å². The predicted octanol–water partition coefficient (Wildman–Crippen LogP) is 5.08. The molecule has 9 nitrogen and oxygen atoms in total. The first-order chi connectivity index (χ1) is 20.8. The van der Waals surface area contributed by atoms with Crippen LogP contribution in [0.4, 0.5) is 18.9 Å². The topological polar surface area (TPSA) is 140 Å². The van der Waals surface area contributed by atoms with Crippen LogP contribution in [0.1, 0.15) is 57.4 Å². The van der Waals surface area contributed by atoms with Gasteiger partial charge in [0.25, 0.3) is 0 Å². The summed E-state index contributed by atoms with van der Waals surface area (Å²) in [4.78, 5) is 33.9. The van der Waals surface area contributed by atoms with E-state index < -0.39 is 48.9 Å². The monoisotopic (exact) mass is 720 g/mol. The number of aromatic amines is 1. The van der Waals surface area contributed by atoms with Crippen LogP contribution >= 0.6 is 20.1 Å². The second-order valence-corrected chi connectivity index (χ2v) is 15.2. The molecule has 231 valence electrons. The average molecular weight is 720 g/mol. The molecule has 44 heavy (non-hydrogen) atoms. The number of nitrogens with one attached hydrogen (secondary N) is 2. The van der Waals surface area contributed by atoms with Gasteiger partial charge in [0.2, 0.25) is 0 Å². The molecule has 1 aromatic heterocycles. The van der Waals surface area contributed by atoms with Gasteiger partial charge in [-0.15, -0.1) is 0 Å². The zero-order valence-electron chi connectivity index (χ0n) is 24.6. The van der Waals surface area contributed by atoms with Crippen molar-refractivity contribution in [2.45, 2.75) is 58.6 Å². The molecule has 0 fully saturated rings. The summed E-state index contributed by atoms with van der Waals surface area (Å²) in [5.41, 5.74) is -1.59. The number of amides is 1. The van der Waals surface area contributed by atoms with E-state index in [-0.39, 0.29) is 17.6 Å². The first-order valence-corrected chi connectivity index (χ1v) is 17.5. The van der Waals surface area contributed by atoms with E-state index in [1.807, 2.05) is 20.8 Å². The number of benzene rings is 2. The van der Waals surface area contributed by atoms with Gasteiger partial charge in [0.05, 0.1) is 17.2 Å². The summed E-state index contributed by atoms with van der Waals surface area (Å²) in [6.45, 7) is 7.51. The van der Waals surface area contributed by atoms with Crippen LogP contribution in [0.25, 0.3) is 11.4 Å². The second kappa shape index (κ2) is 13.5. The fraction of sp³-hybridized carbons (Fsp3) is 0.367. The van der Waals surface area contributed by atoms with Gasteiger partial charge in [-0.05, 0) is 18.2 Å². The normalized spacial score (nSPS) is 14.7. The first kappa shape index (κ1) is 33.2. The molecular formula is C30H31BF3IN5O4. The minimum atomic E-state index is -4.80. The number of carbonyl (C=O) groups excluding carboxylic acids is 1. The predicted molar refractivity (Wildman–Crippen MR) is 172 cm³/mol. The van der Waals surface area contributed by atoms with Gasteiger partial charge in [0.1, 0.15) is 0 Å².